The van der Waals surface area contributed by atoms with Gasteiger partial charge in [-0.15, -0.1) is 0 Å². The summed E-state index contributed by atoms with van der Waals surface area (Å²) in [5, 5.41) is 0. The van der Waals surface area contributed by atoms with Crippen LogP contribution in [0.4, 0.5) is 0 Å². The largest absolute Gasteiger partial charge is 0.385 e. The van der Waals surface area contributed by atoms with Crippen molar-refractivity contribution in [1.29, 1.82) is 0 Å². The second kappa shape index (κ2) is 9.73. The zero-order valence-electron chi connectivity index (χ0n) is 13.4. The van der Waals surface area contributed by atoms with Crippen molar-refractivity contribution >= 4 is 0 Å². The van der Waals surface area contributed by atoms with Crippen LogP contribution in [0.5, 0.6) is 0 Å². The van der Waals surface area contributed by atoms with Crippen LogP contribution >= 0.6 is 0 Å². The molecule has 0 saturated carbocycles. The molecule has 2 atom stereocenters. The van der Waals surface area contributed by atoms with Crippen molar-refractivity contribution < 1.29 is 9.47 Å². The third-order valence-corrected chi connectivity index (χ3v) is 3.96. The zero-order chi connectivity index (χ0) is 14.1. The maximum Gasteiger partial charge on any atom is 0.0705 e. The Labute approximate surface area is 119 Å². The highest BCUT2D eigenvalue weighted by Gasteiger charge is 2.21. The van der Waals surface area contributed by atoms with E-state index < -0.39 is 0 Å². The summed E-state index contributed by atoms with van der Waals surface area (Å²) < 4.78 is 11.1. The molecule has 1 fully saturated rings. The fourth-order valence-corrected chi connectivity index (χ4v) is 2.73. The van der Waals surface area contributed by atoms with Crippen LogP contribution in [0, 0.1) is 11.8 Å². The molecule has 0 aromatic heterocycles. The summed E-state index contributed by atoms with van der Waals surface area (Å²) in [4.78, 5) is 2.58. The van der Waals surface area contributed by atoms with Gasteiger partial charge < -0.3 is 9.47 Å². The fraction of sp³-hybridized carbons (Fsp3) is 1.00. The summed E-state index contributed by atoms with van der Waals surface area (Å²) in [6, 6.07) is 0. The molecule has 1 saturated heterocycles. The van der Waals surface area contributed by atoms with Gasteiger partial charge in [-0.3, -0.25) is 4.90 Å². The van der Waals surface area contributed by atoms with Crippen LogP contribution in [0.25, 0.3) is 0 Å². The predicted molar refractivity (Wildman–Crippen MR) is 80.5 cm³/mol. The normalized spacial score (nSPS) is 22.9. The SMILES string of the molecule is COCCC(C)CC1CN(CCCC(C)C)CCO1. The minimum atomic E-state index is 0.430. The summed E-state index contributed by atoms with van der Waals surface area (Å²) in [7, 11) is 1.78. The molecular weight excluding hydrogens is 238 g/mol. The van der Waals surface area contributed by atoms with Crippen molar-refractivity contribution in [3.8, 4) is 0 Å². The van der Waals surface area contributed by atoms with Gasteiger partial charge in [-0.05, 0) is 44.1 Å². The average Bonchev–Trinajstić information content (AvgIpc) is 2.36. The maximum atomic E-state index is 5.90. The van der Waals surface area contributed by atoms with E-state index in [1.807, 2.05) is 0 Å². The third-order valence-electron chi connectivity index (χ3n) is 3.96. The van der Waals surface area contributed by atoms with Crippen LogP contribution in [0.15, 0.2) is 0 Å². The highest BCUT2D eigenvalue weighted by atomic mass is 16.5. The molecule has 0 spiro atoms. The predicted octanol–water partition coefficient (Wildman–Crippen LogP) is 3.19. The van der Waals surface area contributed by atoms with Crippen LogP contribution in [0.2, 0.25) is 0 Å². The minimum Gasteiger partial charge on any atom is -0.385 e. The zero-order valence-corrected chi connectivity index (χ0v) is 13.4. The molecule has 3 nitrogen and oxygen atoms in total. The molecule has 0 radical (unpaired) electrons. The van der Waals surface area contributed by atoms with Gasteiger partial charge >= 0.3 is 0 Å². The molecule has 0 N–H and O–H groups in total. The van der Waals surface area contributed by atoms with Gasteiger partial charge in [-0.1, -0.05) is 20.8 Å². The number of ether oxygens (including phenoxy) is 2. The first-order valence-electron chi connectivity index (χ1n) is 7.94. The molecule has 1 heterocycles. The van der Waals surface area contributed by atoms with Gasteiger partial charge in [0.05, 0.1) is 12.7 Å². The van der Waals surface area contributed by atoms with E-state index in [1.54, 1.807) is 7.11 Å². The number of hydrogen-bond donors (Lipinski definition) is 0. The molecule has 0 aromatic carbocycles. The van der Waals surface area contributed by atoms with E-state index in [0.717, 1.165) is 38.6 Å². The molecule has 1 aliphatic rings. The van der Waals surface area contributed by atoms with Gasteiger partial charge in [0.1, 0.15) is 0 Å². The number of methoxy groups -OCH3 is 1. The topological polar surface area (TPSA) is 21.7 Å². The van der Waals surface area contributed by atoms with E-state index in [1.165, 1.54) is 25.8 Å². The molecule has 1 rings (SSSR count). The van der Waals surface area contributed by atoms with Crippen molar-refractivity contribution in [2.24, 2.45) is 11.8 Å². The Kier molecular flexibility index (Phi) is 8.67. The van der Waals surface area contributed by atoms with E-state index in [2.05, 4.69) is 25.7 Å². The highest BCUT2D eigenvalue weighted by Crippen LogP contribution is 2.17. The van der Waals surface area contributed by atoms with Crippen molar-refractivity contribution in [1.82, 2.24) is 4.90 Å². The van der Waals surface area contributed by atoms with E-state index in [0.29, 0.717) is 12.0 Å². The Bertz CT molecular complexity index is 221. The molecule has 0 bridgehead atoms. The summed E-state index contributed by atoms with van der Waals surface area (Å²) in [6.45, 7) is 12.2. The van der Waals surface area contributed by atoms with Gasteiger partial charge in [-0.2, -0.15) is 0 Å². The molecule has 114 valence electrons. The second-order valence-corrected chi connectivity index (χ2v) is 6.45. The fourth-order valence-electron chi connectivity index (χ4n) is 2.73. The lowest BCUT2D eigenvalue weighted by atomic mass is 9.99. The first-order chi connectivity index (χ1) is 9.11. The Morgan fingerprint density at radius 3 is 2.74 bits per heavy atom. The van der Waals surface area contributed by atoms with Crippen LogP contribution in [0.3, 0.4) is 0 Å². The first-order valence-corrected chi connectivity index (χ1v) is 7.94. The number of hydrogen-bond acceptors (Lipinski definition) is 3. The highest BCUT2D eigenvalue weighted by molar-refractivity contribution is 4.73. The lowest BCUT2D eigenvalue weighted by molar-refractivity contribution is -0.0400. The molecule has 1 aliphatic heterocycles. The first kappa shape index (κ1) is 16.9. The Morgan fingerprint density at radius 2 is 2.05 bits per heavy atom. The molecule has 0 aromatic rings. The van der Waals surface area contributed by atoms with Crippen molar-refractivity contribution in [2.75, 3.05) is 40.0 Å². The number of nitrogens with zero attached hydrogens (tertiary/aromatic N) is 1. The molecule has 0 aliphatic carbocycles. The quantitative estimate of drug-likeness (QED) is 0.643. The summed E-state index contributed by atoms with van der Waals surface area (Å²) in [6.07, 6.45) is 5.41. The smallest absolute Gasteiger partial charge is 0.0705 e. The second-order valence-electron chi connectivity index (χ2n) is 6.45. The van der Waals surface area contributed by atoms with Gasteiger partial charge in [0, 0.05) is 26.8 Å². The third kappa shape index (κ3) is 7.91. The van der Waals surface area contributed by atoms with Gasteiger partial charge in [0.2, 0.25) is 0 Å². The Morgan fingerprint density at radius 1 is 1.26 bits per heavy atom. The summed E-state index contributed by atoms with van der Waals surface area (Å²) >= 11 is 0. The van der Waals surface area contributed by atoms with Gasteiger partial charge in [0.15, 0.2) is 0 Å². The van der Waals surface area contributed by atoms with Gasteiger partial charge in [-0.25, -0.2) is 0 Å². The average molecular weight is 271 g/mol. The van der Waals surface area contributed by atoms with Crippen LogP contribution in [-0.4, -0.2) is 51.0 Å². The minimum absolute atomic E-state index is 0.430. The van der Waals surface area contributed by atoms with Crippen molar-refractivity contribution in [3.05, 3.63) is 0 Å². The van der Waals surface area contributed by atoms with E-state index in [9.17, 15) is 0 Å². The Balaban J connectivity index is 2.18. The van der Waals surface area contributed by atoms with Crippen LogP contribution in [-0.2, 0) is 9.47 Å². The van der Waals surface area contributed by atoms with Crippen molar-refractivity contribution in [3.63, 3.8) is 0 Å². The van der Waals surface area contributed by atoms with Crippen LogP contribution in [0.1, 0.15) is 46.5 Å². The van der Waals surface area contributed by atoms with E-state index in [4.69, 9.17) is 9.47 Å². The lowest BCUT2D eigenvalue weighted by Gasteiger charge is -2.34. The number of rotatable bonds is 9. The van der Waals surface area contributed by atoms with E-state index >= 15 is 0 Å². The van der Waals surface area contributed by atoms with Crippen molar-refractivity contribution in [2.45, 2.75) is 52.6 Å². The molecular formula is C16H33NO2. The van der Waals surface area contributed by atoms with Crippen LogP contribution < -0.4 is 0 Å². The van der Waals surface area contributed by atoms with Gasteiger partial charge in [0.25, 0.3) is 0 Å². The summed E-state index contributed by atoms with van der Waals surface area (Å²) in [5.41, 5.74) is 0. The summed E-state index contributed by atoms with van der Waals surface area (Å²) in [5.74, 6) is 1.52. The molecule has 2 unspecified atom stereocenters. The maximum absolute atomic E-state index is 5.90. The molecule has 3 heteroatoms. The Hall–Kier alpha value is -0.120. The monoisotopic (exact) mass is 271 g/mol. The van der Waals surface area contributed by atoms with E-state index in [-0.39, 0.29) is 0 Å². The standard InChI is InChI=1S/C16H33NO2/c1-14(2)6-5-8-17-9-11-19-16(13-17)12-15(3)7-10-18-4/h14-16H,5-13H2,1-4H3. The molecule has 0 amide bonds. The molecule has 19 heavy (non-hydrogen) atoms. The lowest BCUT2D eigenvalue weighted by Crippen LogP contribution is -2.43. The number of morpholine rings is 1.